The standard InChI is InChI=1S/C23H21N3O5S/c27-20(16-11-19(24-12-16)22(29)26-8-3-4-9-26)13-31-23(30)17-5-1-2-6-18(17)25-21(28)15-7-10-32-14-15/h1-2,5-7,10-12,14,24H,3-4,8-9,13H2,(H,25,28). The molecule has 0 atom stereocenters. The molecule has 0 radical (unpaired) electrons. The summed E-state index contributed by atoms with van der Waals surface area (Å²) in [7, 11) is 0. The van der Waals surface area contributed by atoms with Gasteiger partial charge in [-0.2, -0.15) is 11.3 Å². The van der Waals surface area contributed by atoms with Gasteiger partial charge < -0.3 is 19.9 Å². The average Bonchev–Trinajstić information content (AvgIpc) is 3.59. The molecule has 1 saturated heterocycles. The van der Waals surface area contributed by atoms with Crippen LogP contribution in [0.5, 0.6) is 0 Å². The smallest absolute Gasteiger partial charge is 0.340 e. The number of likely N-dealkylation sites (tertiary alicyclic amines) is 1. The van der Waals surface area contributed by atoms with Gasteiger partial charge in [-0.1, -0.05) is 12.1 Å². The minimum Gasteiger partial charge on any atom is -0.454 e. The number of rotatable bonds is 7. The number of aromatic amines is 1. The minimum atomic E-state index is -0.733. The molecule has 8 nitrogen and oxygen atoms in total. The molecule has 0 unspecified atom stereocenters. The molecule has 1 aliphatic heterocycles. The number of aromatic nitrogens is 1. The molecule has 3 heterocycles. The number of thiophene rings is 1. The summed E-state index contributed by atoms with van der Waals surface area (Å²) in [6.45, 7) is 0.934. The minimum absolute atomic E-state index is 0.142. The molecule has 0 aliphatic carbocycles. The lowest BCUT2D eigenvalue weighted by Gasteiger charge is -2.13. The largest absolute Gasteiger partial charge is 0.454 e. The van der Waals surface area contributed by atoms with Gasteiger partial charge in [0, 0.05) is 30.2 Å². The first kappa shape index (κ1) is 21.5. The Hall–Kier alpha value is -3.72. The topological polar surface area (TPSA) is 109 Å². The Morgan fingerprint density at radius 2 is 1.84 bits per heavy atom. The van der Waals surface area contributed by atoms with Gasteiger partial charge in [0.2, 0.25) is 5.78 Å². The molecular formula is C23H21N3O5S. The highest BCUT2D eigenvalue weighted by Gasteiger charge is 2.22. The van der Waals surface area contributed by atoms with Crippen LogP contribution in [0.2, 0.25) is 0 Å². The van der Waals surface area contributed by atoms with Gasteiger partial charge in [-0.3, -0.25) is 14.4 Å². The number of anilines is 1. The lowest BCUT2D eigenvalue weighted by Crippen LogP contribution is -2.27. The highest BCUT2D eigenvalue weighted by Crippen LogP contribution is 2.19. The molecule has 1 aromatic carbocycles. The van der Waals surface area contributed by atoms with Crippen molar-refractivity contribution < 1.29 is 23.9 Å². The number of Topliss-reactive ketones (excluding diaryl/α,β-unsaturated/α-hetero) is 1. The zero-order valence-electron chi connectivity index (χ0n) is 17.1. The first-order valence-corrected chi connectivity index (χ1v) is 11.1. The Balaban J connectivity index is 1.37. The predicted octanol–water partition coefficient (Wildman–Crippen LogP) is 3.60. The molecule has 1 fully saturated rings. The molecule has 2 aromatic heterocycles. The number of carbonyl (C=O) groups is 4. The van der Waals surface area contributed by atoms with Gasteiger partial charge in [0.05, 0.1) is 16.8 Å². The Morgan fingerprint density at radius 3 is 2.59 bits per heavy atom. The highest BCUT2D eigenvalue weighted by atomic mass is 32.1. The normalized spacial score (nSPS) is 13.1. The summed E-state index contributed by atoms with van der Waals surface area (Å²) in [5.41, 5.74) is 1.52. The first-order valence-electron chi connectivity index (χ1n) is 10.1. The fourth-order valence-electron chi connectivity index (χ4n) is 3.42. The number of carbonyl (C=O) groups excluding carboxylic acids is 4. The van der Waals surface area contributed by atoms with Crippen LogP contribution in [0, 0.1) is 0 Å². The van der Waals surface area contributed by atoms with Crippen molar-refractivity contribution in [1.82, 2.24) is 9.88 Å². The second-order valence-electron chi connectivity index (χ2n) is 7.31. The molecule has 0 bridgehead atoms. The van der Waals surface area contributed by atoms with E-state index in [4.69, 9.17) is 4.74 Å². The molecule has 2 amide bonds. The number of amides is 2. The number of para-hydroxylation sites is 1. The van der Waals surface area contributed by atoms with E-state index in [1.807, 2.05) is 0 Å². The fraction of sp³-hybridized carbons (Fsp3) is 0.217. The summed E-state index contributed by atoms with van der Waals surface area (Å²) in [4.78, 5) is 54.3. The van der Waals surface area contributed by atoms with Crippen LogP contribution in [0.4, 0.5) is 5.69 Å². The molecule has 0 spiro atoms. The number of ketones is 1. The van der Waals surface area contributed by atoms with Gasteiger partial charge in [0.15, 0.2) is 6.61 Å². The lowest BCUT2D eigenvalue weighted by atomic mass is 10.1. The lowest BCUT2D eigenvalue weighted by molar-refractivity contribution is 0.0475. The molecule has 32 heavy (non-hydrogen) atoms. The number of hydrogen-bond donors (Lipinski definition) is 2. The van der Waals surface area contributed by atoms with Gasteiger partial charge in [0.25, 0.3) is 11.8 Å². The zero-order chi connectivity index (χ0) is 22.5. The van der Waals surface area contributed by atoms with Crippen molar-refractivity contribution >= 4 is 40.6 Å². The van der Waals surface area contributed by atoms with Crippen molar-refractivity contribution in [2.75, 3.05) is 25.0 Å². The van der Waals surface area contributed by atoms with Crippen molar-refractivity contribution in [3.8, 4) is 0 Å². The van der Waals surface area contributed by atoms with E-state index in [0.717, 1.165) is 12.8 Å². The van der Waals surface area contributed by atoms with E-state index < -0.39 is 18.4 Å². The van der Waals surface area contributed by atoms with Crippen molar-refractivity contribution in [3.05, 3.63) is 75.7 Å². The van der Waals surface area contributed by atoms with E-state index in [-0.39, 0.29) is 22.9 Å². The van der Waals surface area contributed by atoms with Gasteiger partial charge in [-0.05, 0) is 42.5 Å². The van der Waals surface area contributed by atoms with Crippen LogP contribution in [-0.2, 0) is 4.74 Å². The van der Waals surface area contributed by atoms with Gasteiger partial charge in [-0.15, -0.1) is 0 Å². The number of H-pyrrole nitrogens is 1. The quantitative estimate of drug-likeness (QED) is 0.421. The molecule has 3 aromatic rings. The Bertz CT molecular complexity index is 1150. The van der Waals surface area contributed by atoms with Gasteiger partial charge in [0.1, 0.15) is 5.69 Å². The molecule has 4 rings (SSSR count). The van der Waals surface area contributed by atoms with Crippen molar-refractivity contribution in [1.29, 1.82) is 0 Å². The third-order valence-electron chi connectivity index (χ3n) is 5.14. The van der Waals surface area contributed by atoms with Crippen LogP contribution in [0.25, 0.3) is 0 Å². The van der Waals surface area contributed by atoms with Crippen LogP contribution in [-0.4, -0.2) is 53.1 Å². The number of hydrogen-bond acceptors (Lipinski definition) is 6. The number of benzene rings is 1. The van der Waals surface area contributed by atoms with Crippen molar-refractivity contribution in [2.45, 2.75) is 12.8 Å². The third-order valence-corrected chi connectivity index (χ3v) is 5.82. The van der Waals surface area contributed by atoms with Crippen LogP contribution in [0.3, 0.4) is 0 Å². The molecule has 2 N–H and O–H groups in total. The molecule has 0 saturated carbocycles. The summed E-state index contributed by atoms with van der Waals surface area (Å²) >= 11 is 1.39. The summed E-state index contributed by atoms with van der Waals surface area (Å²) in [5, 5.41) is 6.18. The van der Waals surface area contributed by atoms with Crippen LogP contribution >= 0.6 is 11.3 Å². The average molecular weight is 452 g/mol. The molecule has 164 valence electrons. The number of nitrogens with one attached hydrogen (secondary N) is 2. The van der Waals surface area contributed by atoms with Crippen LogP contribution in [0.15, 0.2) is 53.4 Å². The number of esters is 1. The zero-order valence-corrected chi connectivity index (χ0v) is 17.9. The Labute approximate surface area is 188 Å². The van der Waals surface area contributed by atoms with E-state index in [1.54, 1.807) is 39.9 Å². The molecular weight excluding hydrogens is 430 g/mol. The highest BCUT2D eigenvalue weighted by molar-refractivity contribution is 7.08. The van der Waals surface area contributed by atoms with E-state index in [9.17, 15) is 19.2 Å². The van der Waals surface area contributed by atoms with Gasteiger partial charge >= 0.3 is 5.97 Å². The SMILES string of the molecule is O=C(COC(=O)c1ccccc1NC(=O)c1ccsc1)c1c[nH]c(C(=O)N2CCCC2)c1. The van der Waals surface area contributed by atoms with Crippen LogP contribution in [0.1, 0.15) is 54.4 Å². The number of ether oxygens (including phenoxy) is 1. The van der Waals surface area contributed by atoms with Crippen molar-refractivity contribution in [3.63, 3.8) is 0 Å². The second-order valence-corrected chi connectivity index (χ2v) is 8.09. The van der Waals surface area contributed by atoms with Crippen LogP contribution < -0.4 is 5.32 Å². The maximum Gasteiger partial charge on any atom is 0.340 e. The third kappa shape index (κ3) is 4.78. The molecule has 1 aliphatic rings. The summed E-state index contributed by atoms with van der Waals surface area (Å²) in [5.74, 6) is -1.66. The maximum atomic E-state index is 12.6. The first-order chi connectivity index (χ1) is 15.5. The molecule has 9 heteroatoms. The monoisotopic (exact) mass is 451 g/mol. The Morgan fingerprint density at radius 1 is 1.06 bits per heavy atom. The van der Waals surface area contributed by atoms with Crippen molar-refractivity contribution in [2.24, 2.45) is 0 Å². The fourth-order valence-corrected chi connectivity index (χ4v) is 4.06. The summed E-state index contributed by atoms with van der Waals surface area (Å²) in [6.07, 6.45) is 3.39. The van der Waals surface area contributed by atoms with Gasteiger partial charge in [-0.25, -0.2) is 4.79 Å². The van der Waals surface area contributed by atoms with E-state index in [0.29, 0.717) is 30.0 Å². The summed E-state index contributed by atoms with van der Waals surface area (Å²) < 4.78 is 5.18. The predicted molar refractivity (Wildman–Crippen MR) is 119 cm³/mol. The van der Waals surface area contributed by atoms with E-state index in [2.05, 4.69) is 10.3 Å². The number of nitrogens with zero attached hydrogens (tertiary/aromatic N) is 1. The Kier molecular flexibility index (Phi) is 6.46. The summed E-state index contributed by atoms with van der Waals surface area (Å²) in [6, 6.07) is 9.58. The maximum absolute atomic E-state index is 12.6. The van der Waals surface area contributed by atoms with E-state index >= 15 is 0 Å². The van der Waals surface area contributed by atoms with E-state index in [1.165, 1.54) is 29.7 Å². The second kappa shape index (κ2) is 9.61.